The Bertz CT molecular complexity index is 592. The minimum Gasteiger partial charge on any atom is -0.396 e. The highest BCUT2D eigenvalue weighted by molar-refractivity contribution is 5.65. The molecule has 20 heavy (non-hydrogen) atoms. The number of alkyl halides is 3. The molecule has 0 aliphatic rings. The molecule has 0 saturated heterocycles. The van der Waals surface area contributed by atoms with Gasteiger partial charge in [-0.25, -0.2) is 4.98 Å². The maximum absolute atomic E-state index is 12.5. The molecule has 0 fully saturated rings. The lowest BCUT2D eigenvalue weighted by Crippen LogP contribution is -2.13. The molecule has 0 bridgehead atoms. The summed E-state index contributed by atoms with van der Waals surface area (Å²) >= 11 is 0. The summed E-state index contributed by atoms with van der Waals surface area (Å²) in [6.07, 6.45) is -1.43. The van der Waals surface area contributed by atoms with Crippen molar-refractivity contribution in [2.24, 2.45) is 7.05 Å². The lowest BCUT2D eigenvalue weighted by molar-refractivity contribution is -0.141. The molecule has 0 aliphatic heterocycles. The van der Waals surface area contributed by atoms with Crippen molar-refractivity contribution in [1.29, 1.82) is 0 Å². The molecule has 2 rings (SSSR count). The zero-order valence-electron chi connectivity index (χ0n) is 10.6. The van der Waals surface area contributed by atoms with Crippen LogP contribution >= 0.6 is 0 Å². The molecule has 0 radical (unpaired) electrons. The number of aryl methyl sites for hydroxylation is 1. The molecule has 0 unspecified atom stereocenters. The Hall–Kier alpha value is -2.32. The molecule has 0 amide bonds. The zero-order chi connectivity index (χ0) is 14.8. The van der Waals surface area contributed by atoms with Crippen molar-refractivity contribution in [1.82, 2.24) is 19.7 Å². The predicted octanol–water partition coefficient (Wildman–Crippen LogP) is 1.47. The number of rotatable bonds is 4. The van der Waals surface area contributed by atoms with Gasteiger partial charge in [-0.15, -0.1) is 10.2 Å². The van der Waals surface area contributed by atoms with Gasteiger partial charge in [-0.3, -0.25) is 0 Å². The summed E-state index contributed by atoms with van der Waals surface area (Å²) in [5.41, 5.74) is 4.98. The third-order valence-electron chi connectivity index (χ3n) is 2.69. The Kier molecular flexibility index (Phi) is 3.77. The molecule has 0 spiro atoms. The van der Waals surface area contributed by atoms with E-state index in [1.165, 1.54) is 0 Å². The summed E-state index contributed by atoms with van der Waals surface area (Å²) in [4.78, 5) is 3.27. The van der Waals surface area contributed by atoms with Crippen LogP contribution in [0.1, 0.15) is 11.5 Å². The van der Waals surface area contributed by atoms with Crippen LogP contribution in [0.15, 0.2) is 18.6 Å². The molecule has 108 valence electrons. The summed E-state index contributed by atoms with van der Waals surface area (Å²) in [6, 6.07) is 0.895. The van der Waals surface area contributed by atoms with Crippen molar-refractivity contribution in [3.8, 4) is 0 Å². The van der Waals surface area contributed by atoms with E-state index in [9.17, 15) is 13.2 Å². The molecule has 2 aromatic heterocycles. The van der Waals surface area contributed by atoms with Gasteiger partial charge in [0, 0.05) is 20.0 Å². The number of nitrogens with two attached hydrogens (primary N) is 1. The van der Waals surface area contributed by atoms with Gasteiger partial charge in [0.05, 0.1) is 17.6 Å². The smallest absolute Gasteiger partial charge is 0.396 e. The van der Waals surface area contributed by atoms with Gasteiger partial charge in [0.1, 0.15) is 17.8 Å². The third-order valence-corrected chi connectivity index (χ3v) is 2.69. The number of hydrogen-bond donors (Lipinski definition) is 2. The van der Waals surface area contributed by atoms with E-state index in [-0.39, 0.29) is 11.4 Å². The second-order valence-corrected chi connectivity index (χ2v) is 4.19. The van der Waals surface area contributed by atoms with E-state index in [0.29, 0.717) is 13.0 Å². The zero-order valence-corrected chi connectivity index (χ0v) is 10.6. The van der Waals surface area contributed by atoms with Crippen molar-refractivity contribution >= 4 is 11.4 Å². The Morgan fingerprint density at radius 2 is 2.15 bits per heavy atom. The lowest BCUT2D eigenvalue weighted by atomic mass is 10.2. The van der Waals surface area contributed by atoms with Crippen molar-refractivity contribution in [2.45, 2.75) is 12.6 Å². The summed E-state index contributed by atoms with van der Waals surface area (Å²) in [7, 11) is 1.79. The highest BCUT2D eigenvalue weighted by Crippen LogP contribution is 2.30. The fraction of sp³-hybridized carbons (Fsp3) is 0.364. The number of nitrogens with zero attached hydrogens (tertiary/aromatic N) is 4. The normalized spacial score (nSPS) is 11.6. The second kappa shape index (κ2) is 5.35. The molecule has 9 heteroatoms. The monoisotopic (exact) mass is 286 g/mol. The van der Waals surface area contributed by atoms with E-state index >= 15 is 0 Å². The minimum absolute atomic E-state index is 0.163. The van der Waals surface area contributed by atoms with Gasteiger partial charge in [0.25, 0.3) is 0 Å². The highest BCUT2D eigenvalue weighted by Gasteiger charge is 2.32. The van der Waals surface area contributed by atoms with Gasteiger partial charge in [-0.2, -0.15) is 13.2 Å². The first-order valence-corrected chi connectivity index (χ1v) is 5.77. The van der Waals surface area contributed by atoms with E-state index in [4.69, 9.17) is 5.73 Å². The Morgan fingerprint density at radius 3 is 2.75 bits per heavy atom. The standard InChI is InChI=1S/C11H13F3N6/c1-20-6-18-19-10(20)2-3-16-8-4-9(11(12,13)14)17-5-7(8)15/h4-6H,2-3,15H2,1H3,(H,16,17). The van der Waals surface area contributed by atoms with Crippen LogP contribution < -0.4 is 11.1 Å². The number of anilines is 2. The Labute approximate surface area is 112 Å². The summed E-state index contributed by atoms with van der Waals surface area (Å²) in [5, 5.41) is 10.4. The van der Waals surface area contributed by atoms with Crippen LogP contribution in [0, 0.1) is 0 Å². The van der Waals surface area contributed by atoms with Gasteiger partial charge >= 0.3 is 6.18 Å². The largest absolute Gasteiger partial charge is 0.433 e. The fourth-order valence-corrected chi connectivity index (χ4v) is 1.62. The van der Waals surface area contributed by atoms with Gasteiger partial charge < -0.3 is 15.6 Å². The van der Waals surface area contributed by atoms with Crippen LogP contribution in [0.25, 0.3) is 0 Å². The second-order valence-electron chi connectivity index (χ2n) is 4.19. The van der Waals surface area contributed by atoms with Crippen molar-refractivity contribution in [3.63, 3.8) is 0 Å². The Morgan fingerprint density at radius 1 is 1.40 bits per heavy atom. The van der Waals surface area contributed by atoms with Crippen LogP contribution in [0.2, 0.25) is 0 Å². The van der Waals surface area contributed by atoms with Gasteiger partial charge in [-0.05, 0) is 6.07 Å². The quantitative estimate of drug-likeness (QED) is 0.889. The maximum Gasteiger partial charge on any atom is 0.433 e. The maximum atomic E-state index is 12.5. The molecule has 0 aromatic carbocycles. The third kappa shape index (κ3) is 3.16. The molecule has 2 aromatic rings. The molecule has 0 aliphatic carbocycles. The molecule has 0 saturated carbocycles. The first kappa shape index (κ1) is 14.1. The van der Waals surface area contributed by atoms with E-state index < -0.39 is 11.9 Å². The number of nitrogen functional groups attached to an aromatic ring is 1. The summed E-state index contributed by atoms with van der Waals surface area (Å²) in [6.45, 7) is 0.387. The van der Waals surface area contributed by atoms with Crippen LogP contribution in [-0.4, -0.2) is 26.3 Å². The van der Waals surface area contributed by atoms with Crippen molar-refractivity contribution in [2.75, 3.05) is 17.6 Å². The van der Waals surface area contributed by atoms with E-state index in [1.807, 2.05) is 0 Å². The molecule has 3 N–H and O–H groups in total. The minimum atomic E-state index is -4.49. The van der Waals surface area contributed by atoms with Crippen molar-refractivity contribution in [3.05, 3.63) is 30.1 Å². The van der Waals surface area contributed by atoms with E-state index in [1.54, 1.807) is 17.9 Å². The molecular weight excluding hydrogens is 273 g/mol. The summed E-state index contributed by atoms with van der Waals surface area (Å²) < 4.78 is 39.4. The number of pyridine rings is 1. The van der Waals surface area contributed by atoms with Gasteiger partial charge in [-0.1, -0.05) is 0 Å². The van der Waals surface area contributed by atoms with Gasteiger partial charge in [0.15, 0.2) is 0 Å². The number of aromatic nitrogens is 4. The van der Waals surface area contributed by atoms with E-state index in [2.05, 4.69) is 20.5 Å². The number of halogens is 3. The Balaban J connectivity index is 2.04. The van der Waals surface area contributed by atoms with E-state index in [0.717, 1.165) is 18.1 Å². The molecule has 0 atom stereocenters. The van der Waals surface area contributed by atoms with Gasteiger partial charge in [0.2, 0.25) is 0 Å². The topological polar surface area (TPSA) is 81.7 Å². The first-order chi connectivity index (χ1) is 9.38. The number of nitrogens with one attached hydrogen (secondary N) is 1. The SMILES string of the molecule is Cn1cnnc1CCNc1cc(C(F)(F)F)ncc1N. The first-order valence-electron chi connectivity index (χ1n) is 5.77. The molecule has 6 nitrogen and oxygen atoms in total. The lowest BCUT2D eigenvalue weighted by Gasteiger charge is -2.12. The van der Waals surface area contributed by atoms with Crippen LogP contribution in [0.5, 0.6) is 0 Å². The number of hydrogen-bond acceptors (Lipinski definition) is 5. The summed E-state index contributed by atoms with van der Waals surface area (Å²) in [5.74, 6) is 0.723. The average Bonchev–Trinajstić information content (AvgIpc) is 2.76. The average molecular weight is 286 g/mol. The molecular formula is C11H13F3N6. The van der Waals surface area contributed by atoms with Crippen molar-refractivity contribution < 1.29 is 13.2 Å². The van der Waals surface area contributed by atoms with Crippen LogP contribution in [0.3, 0.4) is 0 Å². The van der Waals surface area contributed by atoms with Crippen LogP contribution in [0.4, 0.5) is 24.5 Å². The molecule has 2 heterocycles. The fourth-order valence-electron chi connectivity index (χ4n) is 1.62. The highest BCUT2D eigenvalue weighted by atomic mass is 19.4. The predicted molar refractivity (Wildman–Crippen MR) is 66.8 cm³/mol. The van der Waals surface area contributed by atoms with Crippen LogP contribution in [-0.2, 0) is 19.6 Å².